The minimum atomic E-state index is -2.44. The second kappa shape index (κ2) is 23.1. The molecule has 0 heterocycles. The first kappa shape index (κ1) is 34.5. The largest absolute Gasteiger partial charge is 1.00 e. The van der Waals surface area contributed by atoms with Gasteiger partial charge in [0.1, 0.15) is 0 Å². The first-order valence-corrected chi connectivity index (χ1v) is 15.4. The van der Waals surface area contributed by atoms with Gasteiger partial charge in [0.15, 0.2) is 0 Å². The Morgan fingerprint density at radius 2 is 0.812 bits per heavy atom. The van der Waals surface area contributed by atoms with E-state index < -0.39 is 8.80 Å². The molecule has 0 bridgehead atoms. The third-order valence-corrected chi connectivity index (χ3v) is 9.80. The van der Waals surface area contributed by atoms with Gasteiger partial charge in [0, 0.05) is 33.8 Å². The molecule has 0 aliphatic carbocycles. The van der Waals surface area contributed by atoms with Crippen molar-refractivity contribution < 1.29 is 30.2 Å². The molecular formula is C26H58ClNO3Si. The normalized spacial score (nSPS) is 13.7. The molecule has 0 saturated carbocycles. The van der Waals surface area contributed by atoms with E-state index in [0.29, 0.717) is 0 Å². The quantitative estimate of drug-likeness (QED) is 0.111. The zero-order chi connectivity index (χ0) is 23.3. The molecule has 0 fully saturated rings. The molecule has 4 nitrogen and oxygen atoms in total. The van der Waals surface area contributed by atoms with Gasteiger partial charge < -0.3 is 30.2 Å². The second-order valence-electron chi connectivity index (χ2n) is 9.79. The summed E-state index contributed by atoms with van der Waals surface area (Å²) in [6.45, 7) is 8.42. The Morgan fingerprint density at radius 1 is 0.500 bits per heavy atom. The fourth-order valence-corrected chi connectivity index (χ4v) is 6.35. The predicted molar refractivity (Wildman–Crippen MR) is 138 cm³/mol. The van der Waals surface area contributed by atoms with Crippen molar-refractivity contribution in [3.8, 4) is 0 Å². The number of rotatable bonds is 24. The van der Waals surface area contributed by atoms with Crippen LogP contribution in [0.3, 0.4) is 0 Å². The van der Waals surface area contributed by atoms with Crippen LogP contribution in [0.25, 0.3) is 0 Å². The van der Waals surface area contributed by atoms with E-state index in [0.717, 1.165) is 12.5 Å². The van der Waals surface area contributed by atoms with E-state index in [1.165, 1.54) is 120 Å². The SMILES string of the molecule is CCCCCCCCCC[N+](C)(CCCCCCCCC)CCC[Si](OC)(OC)OC.[Cl-]. The fourth-order valence-electron chi connectivity index (χ4n) is 4.65. The molecule has 1 atom stereocenters. The minimum Gasteiger partial charge on any atom is -1.00 e. The fraction of sp³-hybridized carbons (Fsp3) is 1.00. The molecule has 196 valence electrons. The first-order chi connectivity index (χ1) is 15.0. The van der Waals surface area contributed by atoms with E-state index in [4.69, 9.17) is 13.3 Å². The molecule has 6 heteroatoms. The van der Waals surface area contributed by atoms with Crippen molar-refractivity contribution in [2.75, 3.05) is 48.0 Å². The van der Waals surface area contributed by atoms with Gasteiger partial charge >= 0.3 is 8.80 Å². The zero-order valence-electron chi connectivity index (χ0n) is 22.7. The summed E-state index contributed by atoms with van der Waals surface area (Å²) in [6.07, 6.45) is 22.0. The number of halogens is 1. The molecule has 0 amide bonds. The molecule has 32 heavy (non-hydrogen) atoms. The summed E-state index contributed by atoms with van der Waals surface area (Å²) in [7, 11) is 5.22. The van der Waals surface area contributed by atoms with Crippen LogP contribution < -0.4 is 12.4 Å². The molecule has 0 saturated heterocycles. The van der Waals surface area contributed by atoms with Crippen molar-refractivity contribution in [3.05, 3.63) is 0 Å². The number of quaternary nitrogens is 1. The van der Waals surface area contributed by atoms with Gasteiger partial charge in [-0.25, -0.2) is 0 Å². The molecule has 0 radical (unpaired) electrons. The van der Waals surface area contributed by atoms with Crippen LogP contribution in [0.5, 0.6) is 0 Å². The average Bonchev–Trinajstić information content (AvgIpc) is 2.78. The number of hydrogen-bond acceptors (Lipinski definition) is 3. The summed E-state index contributed by atoms with van der Waals surface area (Å²) in [5, 5.41) is 0. The van der Waals surface area contributed by atoms with Crippen molar-refractivity contribution in [2.24, 2.45) is 0 Å². The lowest BCUT2D eigenvalue weighted by Gasteiger charge is -2.36. The molecule has 0 N–H and O–H groups in total. The summed E-state index contributed by atoms with van der Waals surface area (Å²) in [4.78, 5) is 0. The predicted octanol–water partition coefficient (Wildman–Crippen LogP) is 4.60. The Labute approximate surface area is 209 Å². The van der Waals surface area contributed by atoms with Gasteiger partial charge in [-0.3, -0.25) is 0 Å². The third-order valence-electron chi connectivity index (χ3n) is 6.97. The van der Waals surface area contributed by atoms with E-state index >= 15 is 0 Å². The van der Waals surface area contributed by atoms with E-state index in [1.54, 1.807) is 21.3 Å². The van der Waals surface area contributed by atoms with Crippen molar-refractivity contribution >= 4 is 8.80 Å². The highest BCUT2D eigenvalue weighted by molar-refractivity contribution is 6.60. The molecule has 0 rings (SSSR count). The average molecular weight is 496 g/mol. The Morgan fingerprint density at radius 3 is 1.16 bits per heavy atom. The van der Waals surface area contributed by atoms with Crippen molar-refractivity contribution in [1.82, 2.24) is 0 Å². The highest BCUT2D eigenvalue weighted by atomic mass is 35.5. The van der Waals surface area contributed by atoms with Crippen molar-refractivity contribution in [1.29, 1.82) is 0 Å². The lowest BCUT2D eigenvalue weighted by atomic mass is 10.1. The van der Waals surface area contributed by atoms with E-state index in [1.807, 2.05) is 0 Å². The van der Waals surface area contributed by atoms with Gasteiger partial charge in [0.05, 0.1) is 26.7 Å². The smallest absolute Gasteiger partial charge is 0.500 e. The Balaban J connectivity index is 0. The van der Waals surface area contributed by atoms with Crippen LogP contribution in [0.15, 0.2) is 0 Å². The van der Waals surface area contributed by atoms with Crippen LogP contribution in [0.4, 0.5) is 0 Å². The summed E-state index contributed by atoms with van der Waals surface area (Å²) in [5.41, 5.74) is 0. The van der Waals surface area contributed by atoms with Gasteiger partial charge in [-0.1, -0.05) is 84.5 Å². The Kier molecular flexibility index (Phi) is 24.9. The first-order valence-electron chi connectivity index (χ1n) is 13.5. The van der Waals surface area contributed by atoms with Crippen LogP contribution in [0.2, 0.25) is 6.04 Å². The van der Waals surface area contributed by atoms with Crippen LogP contribution in [-0.2, 0) is 13.3 Å². The highest BCUT2D eigenvalue weighted by Crippen LogP contribution is 2.19. The van der Waals surface area contributed by atoms with Crippen LogP contribution >= 0.6 is 0 Å². The van der Waals surface area contributed by atoms with Gasteiger partial charge in [0.2, 0.25) is 0 Å². The minimum absolute atomic E-state index is 0. The lowest BCUT2D eigenvalue weighted by Crippen LogP contribution is -3.00. The number of unbranched alkanes of at least 4 members (excludes halogenated alkanes) is 13. The van der Waals surface area contributed by atoms with E-state index in [9.17, 15) is 0 Å². The Bertz CT molecular complexity index is 378. The standard InChI is InChI=1S/C26H58NO3Si.ClH/c1-7-9-11-13-15-17-19-21-24-27(3,23-20-18-16-14-12-10-8-2)25-22-26-31(28-4,29-5)30-6;/h7-26H2,1-6H3;1H/q+1;/p-1. The van der Waals surface area contributed by atoms with Crippen LogP contribution in [0.1, 0.15) is 117 Å². The molecule has 1 unspecified atom stereocenters. The van der Waals surface area contributed by atoms with E-state index in [-0.39, 0.29) is 12.4 Å². The van der Waals surface area contributed by atoms with Crippen LogP contribution in [-0.4, -0.2) is 61.3 Å². The number of nitrogens with zero attached hydrogens (tertiary/aromatic N) is 1. The molecule has 0 aliphatic rings. The van der Waals surface area contributed by atoms with Gasteiger partial charge in [-0.05, 0) is 25.7 Å². The van der Waals surface area contributed by atoms with Crippen LogP contribution in [0, 0.1) is 0 Å². The molecule has 0 aromatic carbocycles. The van der Waals surface area contributed by atoms with Gasteiger partial charge in [0.25, 0.3) is 0 Å². The third kappa shape index (κ3) is 17.8. The van der Waals surface area contributed by atoms with E-state index in [2.05, 4.69) is 20.9 Å². The highest BCUT2D eigenvalue weighted by Gasteiger charge is 2.38. The molecule has 0 aliphatic heterocycles. The maximum atomic E-state index is 5.64. The van der Waals surface area contributed by atoms with Crippen molar-refractivity contribution in [2.45, 2.75) is 123 Å². The maximum absolute atomic E-state index is 5.64. The van der Waals surface area contributed by atoms with Gasteiger partial charge in [-0.2, -0.15) is 0 Å². The molecule has 0 aromatic heterocycles. The van der Waals surface area contributed by atoms with Crippen molar-refractivity contribution in [3.63, 3.8) is 0 Å². The molecular weight excluding hydrogens is 438 g/mol. The lowest BCUT2D eigenvalue weighted by molar-refractivity contribution is -0.910. The summed E-state index contributed by atoms with van der Waals surface area (Å²) in [6, 6.07) is 0.915. The second-order valence-corrected chi connectivity index (χ2v) is 12.9. The maximum Gasteiger partial charge on any atom is 0.500 e. The van der Waals surface area contributed by atoms with Gasteiger partial charge in [-0.15, -0.1) is 0 Å². The summed E-state index contributed by atoms with van der Waals surface area (Å²) >= 11 is 0. The zero-order valence-corrected chi connectivity index (χ0v) is 24.4. The summed E-state index contributed by atoms with van der Waals surface area (Å²) < 4.78 is 18.1. The topological polar surface area (TPSA) is 27.7 Å². The monoisotopic (exact) mass is 495 g/mol. The summed E-state index contributed by atoms with van der Waals surface area (Å²) in [5.74, 6) is 0. The Hall–Kier alpha value is 0.347. The molecule has 0 aromatic rings. The molecule has 0 spiro atoms. The number of hydrogen-bond donors (Lipinski definition) is 0.